The molecular weight excluding hydrogens is 1540 g/mol. The Balaban J connectivity index is 0.000000107. The second-order valence-electron chi connectivity index (χ2n) is 26.9. The minimum Gasteiger partial charge on any atom is -0.507 e. The summed E-state index contributed by atoms with van der Waals surface area (Å²) in [6.07, 6.45) is 2.00. The van der Waals surface area contributed by atoms with Gasteiger partial charge in [-0.2, -0.15) is 15.0 Å². The van der Waals surface area contributed by atoms with Gasteiger partial charge in [0.1, 0.15) is 28.0 Å². The standard InChI is InChI=1S/C27H18N2O2S.2C23H16N2O2S.C23H16N2OS2/c1-31-26-15-22(28-27(29-26)19-8-4-5-9-23(19)30)18-10-11-24-20(13-18)21-12-16-6-2-3-7-17(16)14-25(21)32-24;1-27-21-13-18(24-23(25-21)17-8-2-4-11-19(17)26)16-10-6-9-15-14-7-3-5-12-20(14)28-22(15)16;1-27-22-13-18(24-23(25-22)17-7-2-4-8-19(17)26)14-10-11-16-15-6-3-5-9-20(15)28-21(16)12-14;1-27-21-13-17(24-23(25-21)15-7-2-4-10-18(15)26)14-9-6-12-20-22(14)16-8-3-5-11-19(16)28-20/h2-15,30H,1H3;3*2-13,26H,1H3. The van der Waals surface area contributed by atoms with Crippen molar-refractivity contribution in [3.63, 3.8) is 0 Å². The highest BCUT2D eigenvalue weighted by atomic mass is 32.2. The molecule has 13 aromatic carbocycles. The van der Waals surface area contributed by atoms with Gasteiger partial charge in [0, 0.05) is 121 Å². The van der Waals surface area contributed by atoms with E-state index >= 15 is 0 Å². The second kappa shape index (κ2) is 32.0. The fraction of sp³-hybridized carbons (Fsp3) is 0.0417. The lowest BCUT2D eigenvalue weighted by atomic mass is 10.0. The summed E-state index contributed by atoms with van der Waals surface area (Å²) in [4.78, 5) is 37.0. The monoisotopic (exact) mass is 1600 g/mol. The number of phenols is 4. The fourth-order valence-electron chi connectivity index (χ4n) is 14.3. The van der Waals surface area contributed by atoms with E-state index in [2.05, 4.69) is 196 Å². The molecule has 21 aromatic rings. The smallest absolute Gasteiger partial charge is 0.217 e. The first kappa shape index (κ1) is 73.7. The Morgan fingerprint density at radius 1 is 0.259 bits per heavy atom. The van der Waals surface area contributed by atoms with Gasteiger partial charge in [-0.3, -0.25) is 0 Å². The van der Waals surface area contributed by atoms with Gasteiger partial charge in [0.25, 0.3) is 0 Å². The summed E-state index contributed by atoms with van der Waals surface area (Å²) in [6, 6.07) is 99.5. The van der Waals surface area contributed by atoms with Crippen molar-refractivity contribution in [3.05, 3.63) is 303 Å². The number of thioether (sulfide) groups is 1. The molecule has 0 fully saturated rings. The van der Waals surface area contributed by atoms with E-state index in [0.717, 1.165) is 50.1 Å². The molecule has 15 nitrogen and oxygen atoms in total. The van der Waals surface area contributed by atoms with Gasteiger partial charge >= 0.3 is 0 Å². The van der Waals surface area contributed by atoms with Gasteiger partial charge in [-0.15, -0.1) is 57.1 Å². The molecule has 0 atom stereocenters. The number of nitrogens with zero attached hydrogens (tertiary/aromatic N) is 8. The fourth-order valence-corrected chi connectivity index (χ4v) is 19.3. The van der Waals surface area contributed by atoms with Gasteiger partial charge in [-0.05, 0) is 126 Å². The van der Waals surface area contributed by atoms with Crippen molar-refractivity contribution < 1.29 is 34.6 Å². The predicted octanol–water partition coefficient (Wildman–Crippen LogP) is 25.4. The highest BCUT2D eigenvalue weighted by molar-refractivity contribution is 7.98. The Morgan fingerprint density at radius 2 is 0.629 bits per heavy atom. The Morgan fingerprint density at radius 3 is 1.19 bits per heavy atom. The lowest BCUT2D eigenvalue weighted by molar-refractivity contribution is 0.397. The lowest BCUT2D eigenvalue weighted by Gasteiger charge is -2.10. The summed E-state index contributed by atoms with van der Waals surface area (Å²) in [7, 11) is 4.75. The maximum atomic E-state index is 10.3. The van der Waals surface area contributed by atoms with Gasteiger partial charge in [0.2, 0.25) is 17.6 Å². The maximum absolute atomic E-state index is 10.3. The lowest BCUT2D eigenvalue weighted by Crippen LogP contribution is -1.96. The third kappa shape index (κ3) is 14.6. The van der Waals surface area contributed by atoms with Crippen LogP contribution in [0.15, 0.2) is 308 Å². The van der Waals surface area contributed by atoms with Crippen LogP contribution in [0.1, 0.15) is 0 Å². The highest BCUT2D eigenvalue weighted by Gasteiger charge is 2.21. The number of phenolic OH excluding ortho intramolecular Hbond substituents is 4. The van der Waals surface area contributed by atoms with E-state index in [4.69, 9.17) is 34.1 Å². The van der Waals surface area contributed by atoms with Crippen molar-refractivity contribution in [2.75, 3.05) is 27.6 Å². The van der Waals surface area contributed by atoms with Gasteiger partial charge < -0.3 is 34.6 Å². The number of benzene rings is 13. The van der Waals surface area contributed by atoms with E-state index in [9.17, 15) is 20.4 Å². The highest BCUT2D eigenvalue weighted by Crippen LogP contribution is 2.46. The molecule has 4 N–H and O–H groups in total. The zero-order valence-electron chi connectivity index (χ0n) is 62.5. The Labute approximate surface area is 685 Å². The molecular formula is C96H66N8O7S5. The SMILES string of the molecule is COc1cc(-c2ccc3c(c2)sc2ccccc23)nc(-c2ccccc2O)n1.COc1cc(-c2ccc3sc4cc5ccccc5cc4c3c2)nc(-c2ccccc2O)n1.COc1cc(-c2cccc3c2sc2ccccc23)nc(-c2ccccc2O)n1.CSc1cc(-c2cccc3sc4ccccc4c23)nc(-c2ccccc2O)n1. The average Bonchev–Trinajstić information content (AvgIpc) is 1.60. The third-order valence-electron chi connectivity index (χ3n) is 19.9. The number of hydrogen-bond acceptors (Lipinski definition) is 20. The van der Waals surface area contributed by atoms with Crippen LogP contribution >= 0.6 is 57.1 Å². The topological polar surface area (TPSA) is 212 Å². The quantitative estimate of drug-likeness (QED) is 0.0662. The van der Waals surface area contributed by atoms with E-state index in [1.807, 2.05) is 66.9 Å². The first-order chi connectivity index (χ1) is 56.9. The van der Waals surface area contributed by atoms with Gasteiger partial charge in [0.05, 0.1) is 66.4 Å². The van der Waals surface area contributed by atoms with Crippen LogP contribution in [0.5, 0.6) is 40.6 Å². The van der Waals surface area contributed by atoms with E-state index in [1.54, 1.807) is 145 Å². The molecule has 0 radical (unpaired) electrons. The predicted molar refractivity (Wildman–Crippen MR) is 479 cm³/mol. The normalized spacial score (nSPS) is 11.3. The van der Waals surface area contributed by atoms with Crippen LogP contribution in [-0.2, 0) is 0 Å². The number of thiophene rings is 4. The van der Waals surface area contributed by atoms with E-state index in [-0.39, 0.29) is 23.0 Å². The van der Waals surface area contributed by atoms with Gasteiger partial charge in [0.15, 0.2) is 23.3 Å². The second-order valence-corrected chi connectivity index (χ2v) is 32.1. The molecule has 0 amide bonds. The summed E-state index contributed by atoms with van der Waals surface area (Å²) in [5.74, 6) is 3.81. The first-order valence-electron chi connectivity index (χ1n) is 36.9. The van der Waals surface area contributed by atoms with E-state index in [1.165, 1.54) is 91.5 Å². The molecule has 0 bridgehead atoms. The Kier molecular flexibility index (Phi) is 20.4. The maximum Gasteiger partial charge on any atom is 0.217 e. The molecule has 116 heavy (non-hydrogen) atoms. The Hall–Kier alpha value is -13.7. The summed E-state index contributed by atoms with van der Waals surface area (Å²) in [5.41, 5.74) is 9.56. The molecule has 8 aromatic heterocycles. The zero-order chi connectivity index (χ0) is 78.9. The molecule has 0 aliphatic rings. The molecule has 0 aliphatic heterocycles. The van der Waals surface area contributed by atoms with Crippen LogP contribution in [0.2, 0.25) is 0 Å². The van der Waals surface area contributed by atoms with Crippen LogP contribution in [0.25, 0.3) is 182 Å². The summed E-state index contributed by atoms with van der Waals surface area (Å²) in [5, 5.41) is 54.2. The Bertz CT molecular complexity index is 7340. The zero-order valence-corrected chi connectivity index (χ0v) is 66.6. The molecule has 0 unspecified atom stereocenters. The number of aromatic nitrogens is 8. The number of para-hydroxylation sites is 4. The molecule has 0 saturated carbocycles. The van der Waals surface area contributed by atoms with E-state index < -0.39 is 0 Å². The largest absolute Gasteiger partial charge is 0.507 e. The molecule has 0 aliphatic carbocycles. The van der Waals surface area contributed by atoms with Crippen LogP contribution in [0.3, 0.4) is 0 Å². The van der Waals surface area contributed by atoms with Crippen molar-refractivity contribution in [3.8, 4) is 131 Å². The number of fused-ring (bicyclic) bond motifs is 13. The first-order valence-corrected chi connectivity index (χ1v) is 41.3. The number of hydrogen-bond donors (Lipinski definition) is 4. The van der Waals surface area contributed by atoms with Crippen LogP contribution in [0, 0.1) is 0 Å². The van der Waals surface area contributed by atoms with Gasteiger partial charge in [-0.1, -0.05) is 176 Å². The number of ether oxygens (including phenoxy) is 3. The molecule has 0 saturated heterocycles. The number of methoxy groups -OCH3 is 3. The van der Waals surface area contributed by atoms with Crippen LogP contribution in [0.4, 0.5) is 0 Å². The summed E-state index contributed by atoms with van der Waals surface area (Å²) < 4.78 is 26.2. The summed E-state index contributed by atoms with van der Waals surface area (Å²) in [6.45, 7) is 0. The van der Waals surface area contributed by atoms with Crippen molar-refractivity contribution in [1.82, 2.24) is 39.9 Å². The summed E-state index contributed by atoms with van der Waals surface area (Å²) >= 11 is 8.69. The van der Waals surface area contributed by atoms with Crippen LogP contribution < -0.4 is 14.2 Å². The minimum atomic E-state index is 0.137. The average molecular weight is 1600 g/mol. The molecule has 21 rings (SSSR count). The number of aromatic hydroxyl groups is 4. The van der Waals surface area contributed by atoms with Crippen molar-refractivity contribution in [2.24, 2.45) is 0 Å². The van der Waals surface area contributed by atoms with Crippen molar-refractivity contribution in [2.45, 2.75) is 5.03 Å². The minimum absolute atomic E-state index is 0.137. The molecule has 8 heterocycles. The third-order valence-corrected chi connectivity index (χ3v) is 25.1. The van der Waals surface area contributed by atoms with Crippen molar-refractivity contribution >= 4 is 149 Å². The van der Waals surface area contributed by atoms with E-state index in [0.29, 0.717) is 63.2 Å². The molecule has 0 spiro atoms. The number of rotatable bonds is 12. The van der Waals surface area contributed by atoms with Crippen molar-refractivity contribution in [1.29, 1.82) is 0 Å². The van der Waals surface area contributed by atoms with Gasteiger partial charge in [-0.25, -0.2) is 24.9 Å². The molecule has 20 heteroatoms. The molecule has 562 valence electrons. The van der Waals surface area contributed by atoms with Crippen LogP contribution in [-0.4, -0.2) is 87.9 Å².